The predicted molar refractivity (Wildman–Crippen MR) is 89.6 cm³/mol. The quantitative estimate of drug-likeness (QED) is 0.470. The van der Waals surface area contributed by atoms with Gasteiger partial charge in [0.2, 0.25) is 5.95 Å². The fraction of sp³-hybridized carbons (Fsp3) is 0.353. The van der Waals surface area contributed by atoms with Gasteiger partial charge in [-0.1, -0.05) is 0 Å². The van der Waals surface area contributed by atoms with Gasteiger partial charge in [0.05, 0.1) is 22.9 Å². The zero-order valence-corrected chi connectivity index (χ0v) is 14.3. The molecule has 0 unspecified atom stereocenters. The number of aromatic nitrogens is 2. The van der Waals surface area contributed by atoms with Crippen molar-refractivity contribution in [1.82, 2.24) is 15.4 Å². The highest BCUT2D eigenvalue weighted by Gasteiger charge is 2.45. The number of nitrogens with zero attached hydrogens (tertiary/aromatic N) is 4. The van der Waals surface area contributed by atoms with E-state index in [4.69, 9.17) is 5.21 Å². The largest absolute Gasteiger partial charge is 0.416 e. The minimum atomic E-state index is -4.59. The van der Waals surface area contributed by atoms with E-state index in [-0.39, 0.29) is 23.3 Å². The Morgan fingerprint density at radius 3 is 2.32 bits per heavy atom. The molecule has 0 spiro atoms. The first-order valence-electron chi connectivity index (χ1n) is 8.44. The maximum atomic E-state index is 14.3. The molecule has 3 heterocycles. The normalized spacial score (nSPS) is 21.3. The number of carbonyl (C=O) groups is 1. The van der Waals surface area contributed by atoms with Gasteiger partial charge in [-0.15, -0.1) is 0 Å². The number of hydrogen-bond donors (Lipinski definition) is 2. The second-order valence-electron chi connectivity index (χ2n) is 6.72. The Labute approximate surface area is 156 Å². The zero-order valence-electron chi connectivity index (χ0n) is 14.3. The first-order valence-corrected chi connectivity index (χ1v) is 8.44. The molecule has 2 aliphatic rings. The summed E-state index contributed by atoms with van der Waals surface area (Å²) < 4.78 is 52.5. The third-order valence-electron chi connectivity index (χ3n) is 5.08. The summed E-state index contributed by atoms with van der Waals surface area (Å²) in [6.45, 7) is 0.909. The molecule has 7 nitrogen and oxygen atoms in total. The molecule has 1 amide bonds. The molecule has 2 N–H and O–H groups in total. The van der Waals surface area contributed by atoms with E-state index in [2.05, 4.69) is 9.97 Å². The highest BCUT2D eigenvalue weighted by atomic mass is 19.4. The van der Waals surface area contributed by atoms with E-state index in [0.29, 0.717) is 31.5 Å². The van der Waals surface area contributed by atoms with E-state index < -0.39 is 23.5 Å². The predicted octanol–water partition coefficient (Wildman–Crippen LogP) is 2.22. The van der Waals surface area contributed by atoms with Gasteiger partial charge in [-0.25, -0.2) is 19.8 Å². The SMILES string of the molecule is O=C(NO)c1cnc(N2C[C@@H]3C[C@@H]2CN3c2ccc(C(F)(F)F)cc2F)nc1. The molecule has 2 bridgehead atoms. The Kier molecular flexibility index (Phi) is 4.33. The van der Waals surface area contributed by atoms with Crippen LogP contribution in [0.5, 0.6) is 0 Å². The van der Waals surface area contributed by atoms with Crippen LogP contribution >= 0.6 is 0 Å². The minimum Gasteiger partial charge on any atom is -0.362 e. The number of carbonyl (C=O) groups excluding carboxylic acids is 1. The summed E-state index contributed by atoms with van der Waals surface area (Å²) in [4.78, 5) is 23.3. The van der Waals surface area contributed by atoms with Crippen molar-refractivity contribution in [2.75, 3.05) is 22.9 Å². The first kappa shape index (κ1) is 18.4. The van der Waals surface area contributed by atoms with Gasteiger partial charge in [-0.05, 0) is 24.6 Å². The van der Waals surface area contributed by atoms with Crippen molar-refractivity contribution >= 4 is 17.5 Å². The van der Waals surface area contributed by atoms with Gasteiger partial charge in [0, 0.05) is 31.5 Å². The molecule has 2 saturated heterocycles. The summed E-state index contributed by atoms with van der Waals surface area (Å²) >= 11 is 0. The maximum Gasteiger partial charge on any atom is 0.416 e. The zero-order chi connectivity index (χ0) is 20.1. The number of amides is 1. The van der Waals surface area contributed by atoms with Crippen LogP contribution in [0.15, 0.2) is 30.6 Å². The van der Waals surface area contributed by atoms with E-state index in [9.17, 15) is 22.4 Å². The standard InChI is InChI=1S/C17H15F4N5O2/c18-13-3-10(17(19,20)21)1-2-14(13)25-7-12-4-11(25)8-26(12)16-22-5-9(6-23-16)15(27)24-28/h1-3,5-6,11-12,28H,4,7-8H2,(H,24,27)/t11-,12+/m0/s1. The van der Waals surface area contributed by atoms with Crippen LogP contribution in [0.2, 0.25) is 0 Å². The number of alkyl halides is 3. The Hall–Kier alpha value is -2.95. The molecule has 0 radical (unpaired) electrons. The van der Waals surface area contributed by atoms with Crippen LogP contribution in [-0.2, 0) is 6.18 Å². The summed E-state index contributed by atoms with van der Waals surface area (Å²) in [5.74, 6) is -1.22. The molecule has 11 heteroatoms. The molecule has 2 atom stereocenters. The number of halogens is 4. The minimum absolute atomic E-state index is 0.0239. The number of hydrogen-bond acceptors (Lipinski definition) is 6. The van der Waals surface area contributed by atoms with Gasteiger partial charge in [-0.2, -0.15) is 13.2 Å². The monoisotopic (exact) mass is 397 g/mol. The Morgan fingerprint density at radius 1 is 1.14 bits per heavy atom. The van der Waals surface area contributed by atoms with Crippen molar-refractivity contribution in [3.63, 3.8) is 0 Å². The molecule has 28 heavy (non-hydrogen) atoms. The van der Waals surface area contributed by atoms with Crippen LogP contribution in [-0.4, -0.2) is 46.3 Å². The molecule has 1 aromatic heterocycles. The molecule has 148 valence electrons. The summed E-state index contributed by atoms with van der Waals surface area (Å²) in [5, 5.41) is 8.61. The van der Waals surface area contributed by atoms with Crippen molar-refractivity contribution in [2.45, 2.75) is 24.7 Å². The molecule has 2 fully saturated rings. The van der Waals surface area contributed by atoms with Gasteiger partial charge in [0.15, 0.2) is 0 Å². The highest BCUT2D eigenvalue weighted by Crippen LogP contribution is 2.39. The summed E-state index contributed by atoms with van der Waals surface area (Å²) in [6, 6.07) is 2.47. The molecular weight excluding hydrogens is 382 g/mol. The average Bonchev–Trinajstić information content (AvgIpc) is 3.27. The molecule has 0 saturated carbocycles. The van der Waals surface area contributed by atoms with Crippen molar-refractivity contribution < 1.29 is 27.6 Å². The summed E-state index contributed by atoms with van der Waals surface area (Å²) in [6.07, 6.45) is -1.32. The van der Waals surface area contributed by atoms with Gasteiger partial charge in [-0.3, -0.25) is 10.0 Å². The second kappa shape index (κ2) is 6.59. The number of rotatable bonds is 3. The van der Waals surface area contributed by atoms with E-state index in [0.717, 1.165) is 6.07 Å². The molecule has 4 rings (SSSR count). The third kappa shape index (κ3) is 3.11. The van der Waals surface area contributed by atoms with Crippen molar-refractivity contribution in [3.8, 4) is 0 Å². The number of anilines is 2. The van der Waals surface area contributed by atoms with Gasteiger partial charge < -0.3 is 9.80 Å². The van der Waals surface area contributed by atoms with Crippen LogP contribution in [0, 0.1) is 5.82 Å². The average molecular weight is 397 g/mol. The lowest BCUT2D eigenvalue weighted by Gasteiger charge is -2.35. The number of fused-ring (bicyclic) bond motifs is 2. The molecule has 1 aromatic carbocycles. The number of piperazine rings is 1. The Morgan fingerprint density at radius 2 is 1.79 bits per heavy atom. The Bertz CT molecular complexity index is 905. The highest BCUT2D eigenvalue weighted by molar-refractivity contribution is 5.92. The van der Waals surface area contributed by atoms with Crippen LogP contribution < -0.4 is 15.3 Å². The van der Waals surface area contributed by atoms with E-state index in [1.807, 2.05) is 4.90 Å². The van der Waals surface area contributed by atoms with Crippen LogP contribution in [0.1, 0.15) is 22.3 Å². The lowest BCUT2D eigenvalue weighted by Crippen LogP contribution is -2.47. The molecular formula is C17H15F4N5O2. The number of nitrogens with one attached hydrogen (secondary N) is 1. The van der Waals surface area contributed by atoms with Crippen LogP contribution in [0.25, 0.3) is 0 Å². The molecule has 2 aliphatic heterocycles. The summed E-state index contributed by atoms with van der Waals surface area (Å²) in [7, 11) is 0. The summed E-state index contributed by atoms with van der Waals surface area (Å²) in [5.41, 5.74) is 0.731. The fourth-order valence-electron chi connectivity index (χ4n) is 3.77. The van der Waals surface area contributed by atoms with Gasteiger partial charge >= 0.3 is 6.18 Å². The molecule has 2 aromatic rings. The van der Waals surface area contributed by atoms with Crippen LogP contribution in [0.4, 0.5) is 29.2 Å². The number of hydroxylamine groups is 1. The number of benzene rings is 1. The van der Waals surface area contributed by atoms with Crippen molar-refractivity contribution in [2.24, 2.45) is 0 Å². The lowest BCUT2D eigenvalue weighted by atomic mass is 10.1. The van der Waals surface area contributed by atoms with Crippen LogP contribution in [0.3, 0.4) is 0 Å². The topological polar surface area (TPSA) is 81.6 Å². The van der Waals surface area contributed by atoms with Gasteiger partial charge in [0.25, 0.3) is 5.91 Å². The van der Waals surface area contributed by atoms with Crippen molar-refractivity contribution in [1.29, 1.82) is 0 Å². The molecule has 0 aliphatic carbocycles. The van der Waals surface area contributed by atoms with Crippen molar-refractivity contribution in [3.05, 3.63) is 47.5 Å². The second-order valence-corrected chi connectivity index (χ2v) is 6.72. The fourth-order valence-corrected chi connectivity index (χ4v) is 3.77. The smallest absolute Gasteiger partial charge is 0.362 e. The van der Waals surface area contributed by atoms with E-state index in [1.54, 1.807) is 4.90 Å². The van der Waals surface area contributed by atoms with E-state index in [1.165, 1.54) is 23.9 Å². The lowest BCUT2D eigenvalue weighted by molar-refractivity contribution is -0.137. The first-order chi connectivity index (χ1) is 13.3. The third-order valence-corrected chi connectivity index (χ3v) is 5.08. The maximum absolute atomic E-state index is 14.3. The Balaban J connectivity index is 1.49. The van der Waals surface area contributed by atoms with E-state index >= 15 is 0 Å². The van der Waals surface area contributed by atoms with Gasteiger partial charge in [0.1, 0.15) is 5.82 Å².